The van der Waals surface area contributed by atoms with Crippen LogP contribution in [0.2, 0.25) is 0 Å². The molecule has 0 amide bonds. The first kappa shape index (κ1) is 14.3. The minimum Gasteiger partial charge on any atom is -0.489 e. The van der Waals surface area contributed by atoms with Crippen molar-refractivity contribution in [1.29, 1.82) is 0 Å². The highest BCUT2D eigenvalue weighted by Crippen LogP contribution is 2.18. The first-order valence-corrected chi connectivity index (χ1v) is 7.23. The molecule has 4 heteroatoms. The molecule has 1 saturated heterocycles. The maximum absolute atomic E-state index is 5.71. The Morgan fingerprint density at radius 3 is 2.32 bits per heavy atom. The average molecular weight is 263 g/mol. The third kappa shape index (κ3) is 4.46. The van der Waals surface area contributed by atoms with Gasteiger partial charge in [-0.15, -0.1) is 0 Å². The van der Waals surface area contributed by atoms with Gasteiger partial charge < -0.3 is 4.74 Å². The number of aromatic nitrogens is 2. The fourth-order valence-electron chi connectivity index (χ4n) is 2.25. The fraction of sp³-hybridized carbons (Fsp3) is 0.733. The van der Waals surface area contributed by atoms with Crippen molar-refractivity contribution in [3.05, 3.63) is 18.2 Å². The van der Waals surface area contributed by atoms with Crippen molar-refractivity contribution in [1.82, 2.24) is 14.9 Å². The van der Waals surface area contributed by atoms with Crippen LogP contribution in [-0.4, -0.2) is 41.1 Å². The molecular weight excluding hydrogens is 238 g/mol. The molecule has 19 heavy (non-hydrogen) atoms. The number of rotatable bonds is 4. The van der Waals surface area contributed by atoms with Gasteiger partial charge in [-0.05, 0) is 25.9 Å². The zero-order chi connectivity index (χ0) is 13.7. The second-order valence-corrected chi connectivity index (χ2v) is 6.24. The van der Waals surface area contributed by atoms with Crippen LogP contribution >= 0.6 is 0 Å². The predicted octanol–water partition coefficient (Wildman–Crippen LogP) is 2.64. The van der Waals surface area contributed by atoms with E-state index in [-0.39, 0.29) is 5.41 Å². The van der Waals surface area contributed by atoms with Gasteiger partial charge in [0.15, 0.2) is 5.75 Å². The Morgan fingerprint density at radius 1 is 1.11 bits per heavy atom. The topological polar surface area (TPSA) is 38.2 Å². The van der Waals surface area contributed by atoms with Crippen LogP contribution in [0.5, 0.6) is 5.75 Å². The van der Waals surface area contributed by atoms with Gasteiger partial charge in [0.1, 0.15) is 12.4 Å². The van der Waals surface area contributed by atoms with Gasteiger partial charge in [0.25, 0.3) is 0 Å². The zero-order valence-corrected chi connectivity index (χ0v) is 12.4. The lowest BCUT2D eigenvalue weighted by atomic mass is 9.96. The number of likely N-dealkylation sites (tertiary alicyclic amines) is 1. The van der Waals surface area contributed by atoms with Crippen molar-refractivity contribution in [2.45, 2.75) is 45.4 Å². The van der Waals surface area contributed by atoms with Crippen LogP contribution in [0.3, 0.4) is 0 Å². The number of nitrogens with zero attached hydrogens (tertiary/aromatic N) is 3. The summed E-state index contributed by atoms with van der Waals surface area (Å²) >= 11 is 0. The van der Waals surface area contributed by atoms with Gasteiger partial charge in [-0.3, -0.25) is 4.90 Å². The highest BCUT2D eigenvalue weighted by Gasteiger charge is 2.16. The van der Waals surface area contributed by atoms with Gasteiger partial charge in [0.2, 0.25) is 0 Å². The SMILES string of the molecule is CC(C)(C)c1ncc(OCCN2CCCCC2)cn1. The Morgan fingerprint density at radius 2 is 1.74 bits per heavy atom. The fourth-order valence-corrected chi connectivity index (χ4v) is 2.25. The molecule has 0 atom stereocenters. The molecule has 1 aliphatic rings. The van der Waals surface area contributed by atoms with Gasteiger partial charge >= 0.3 is 0 Å². The van der Waals surface area contributed by atoms with E-state index in [9.17, 15) is 0 Å². The van der Waals surface area contributed by atoms with Crippen molar-refractivity contribution in [2.24, 2.45) is 0 Å². The third-order valence-corrected chi connectivity index (χ3v) is 3.42. The van der Waals surface area contributed by atoms with Crippen molar-refractivity contribution in [3.63, 3.8) is 0 Å². The van der Waals surface area contributed by atoms with E-state index in [2.05, 4.69) is 35.6 Å². The minimum atomic E-state index is -0.00761. The molecular formula is C15H25N3O. The monoisotopic (exact) mass is 263 g/mol. The van der Waals surface area contributed by atoms with Crippen molar-refractivity contribution >= 4 is 0 Å². The largest absolute Gasteiger partial charge is 0.489 e. The van der Waals surface area contributed by atoms with Crippen LogP contribution in [-0.2, 0) is 5.41 Å². The Hall–Kier alpha value is -1.16. The van der Waals surface area contributed by atoms with E-state index >= 15 is 0 Å². The number of hydrogen-bond donors (Lipinski definition) is 0. The van der Waals surface area contributed by atoms with Crippen LogP contribution in [0, 0.1) is 0 Å². The van der Waals surface area contributed by atoms with Gasteiger partial charge in [-0.1, -0.05) is 27.2 Å². The smallest absolute Gasteiger partial charge is 0.155 e. The summed E-state index contributed by atoms with van der Waals surface area (Å²) in [6.45, 7) is 10.5. The molecule has 0 aromatic carbocycles. The molecule has 0 bridgehead atoms. The molecule has 4 nitrogen and oxygen atoms in total. The summed E-state index contributed by atoms with van der Waals surface area (Å²) in [5.41, 5.74) is -0.00761. The van der Waals surface area contributed by atoms with Crippen molar-refractivity contribution < 1.29 is 4.74 Å². The lowest BCUT2D eigenvalue weighted by Crippen LogP contribution is -2.33. The second-order valence-electron chi connectivity index (χ2n) is 6.24. The molecule has 0 spiro atoms. The Balaban J connectivity index is 1.76. The van der Waals surface area contributed by atoms with Crippen LogP contribution in [0.25, 0.3) is 0 Å². The molecule has 0 unspecified atom stereocenters. The summed E-state index contributed by atoms with van der Waals surface area (Å²) in [4.78, 5) is 11.2. The molecule has 1 aliphatic heterocycles. The Labute approximate surface area is 116 Å². The normalized spacial score (nSPS) is 17.4. The van der Waals surface area contributed by atoms with Crippen molar-refractivity contribution in [2.75, 3.05) is 26.2 Å². The molecule has 0 N–H and O–H groups in total. The van der Waals surface area contributed by atoms with E-state index in [1.165, 1.54) is 32.4 Å². The molecule has 1 fully saturated rings. The van der Waals surface area contributed by atoms with E-state index in [0.717, 1.165) is 24.7 Å². The summed E-state index contributed by atoms with van der Waals surface area (Å²) in [5.74, 6) is 1.63. The molecule has 0 radical (unpaired) electrons. The lowest BCUT2D eigenvalue weighted by molar-refractivity contribution is 0.183. The van der Waals surface area contributed by atoms with Crippen LogP contribution < -0.4 is 4.74 Å². The number of ether oxygens (including phenoxy) is 1. The van der Waals surface area contributed by atoms with Crippen LogP contribution in [0.4, 0.5) is 0 Å². The second kappa shape index (κ2) is 6.33. The Bertz CT molecular complexity index is 377. The van der Waals surface area contributed by atoms with Gasteiger partial charge in [-0.25, -0.2) is 9.97 Å². The highest BCUT2D eigenvalue weighted by atomic mass is 16.5. The molecule has 0 saturated carbocycles. The maximum atomic E-state index is 5.71. The molecule has 106 valence electrons. The third-order valence-electron chi connectivity index (χ3n) is 3.42. The molecule has 0 aliphatic carbocycles. The standard InChI is InChI=1S/C15H25N3O/c1-15(2,3)14-16-11-13(12-17-14)19-10-9-18-7-5-4-6-8-18/h11-12H,4-10H2,1-3H3. The number of hydrogen-bond acceptors (Lipinski definition) is 4. The summed E-state index contributed by atoms with van der Waals surface area (Å²) in [6, 6.07) is 0. The van der Waals surface area contributed by atoms with E-state index in [4.69, 9.17) is 4.74 Å². The molecule has 1 aromatic rings. The Kier molecular flexibility index (Phi) is 4.75. The number of piperidine rings is 1. The minimum absolute atomic E-state index is 0.00761. The quantitative estimate of drug-likeness (QED) is 0.837. The summed E-state index contributed by atoms with van der Waals surface area (Å²) in [5, 5.41) is 0. The van der Waals surface area contributed by atoms with E-state index in [1.807, 2.05) is 0 Å². The summed E-state index contributed by atoms with van der Waals surface area (Å²) in [7, 11) is 0. The van der Waals surface area contributed by atoms with E-state index in [1.54, 1.807) is 12.4 Å². The zero-order valence-electron chi connectivity index (χ0n) is 12.4. The highest BCUT2D eigenvalue weighted by molar-refractivity contribution is 5.14. The van der Waals surface area contributed by atoms with Crippen molar-refractivity contribution in [3.8, 4) is 5.75 Å². The predicted molar refractivity (Wildman–Crippen MR) is 76.5 cm³/mol. The van der Waals surface area contributed by atoms with Crippen LogP contribution in [0.15, 0.2) is 12.4 Å². The molecule has 1 aromatic heterocycles. The van der Waals surface area contributed by atoms with Gasteiger partial charge in [0, 0.05) is 12.0 Å². The molecule has 2 heterocycles. The average Bonchev–Trinajstić information content (AvgIpc) is 2.39. The van der Waals surface area contributed by atoms with E-state index in [0.29, 0.717) is 0 Å². The first-order chi connectivity index (χ1) is 9.05. The van der Waals surface area contributed by atoms with Crippen LogP contribution in [0.1, 0.15) is 45.9 Å². The van der Waals surface area contributed by atoms with E-state index < -0.39 is 0 Å². The lowest BCUT2D eigenvalue weighted by Gasteiger charge is -2.26. The maximum Gasteiger partial charge on any atom is 0.155 e. The first-order valence-electron chi connectivity index (χ1n) is 7.23. The van der Waals surface area contributed by atoms with Gasteiger partial charge in [-0.2, -0.15) is 0 Å². The summed E-state index contributed by atoms with van der Waals surface area (Å²) in [6.07, 6.45) is 7.58. The van der Waals surface area contributed by atoms with Gasteiger partial charge in [0.05, 0.1) is 12.4 Å². The molecule has 2 rings (SSSR count). The summed E-state index contributed by atoms with van der Waals surface area (Å²) < 4.78 is 5.71.